The number of imidazole rings is 1. The minimum absolute atomic E-state index is 0. The van der Waals surface area contributed by atoms with Gasteiger partial charge in [0.25, 0.3) is 0 Å². The second-order valence-electron chi connectivity index (χ2n) is 23.9. The summed E-state index contributed by atoms with van der Waals surface area (Å²) < 4.78 is 13.8. The van der Waals surface area contributed by atoms with Gasteiger partial charge in [0.15, 0.2) is 0 Å². The molecule has 6 aromatic carbocycles. The molecular weight excluding hydrogens is 1060 g/mol. The van der Waals surface area contributed by atoms with Crippen molar-refractivity contribution in [2.45, 2.75) is 110 Å². The molecule has 5 heterocycles. The van der Waals surface area contributed by atoms with Crippen molar-refractivity contribution in [2.75, 3.05) is 0 Å². The number of rotatable bonds is 4. The van der Waals surface area contributed by atoms with E-state index in [1.807, 2.05) is 30.5 Å². The van der Waals surface area contributed by atoms with Crippen LogP contribution in [0.5, 0.6) is 11.5 Å². The van der Waals surface area contributed by atoms with Gasteiger partial charge in [-0.2, -0.15) is 12.1 Å². The Hall–Kier alpha value is -6.69. The molecule has 0 unspecified atom stereocenters. The van der Waals surface area contributed by atoms with Crippen molar-refractivity contribution in [3.63, 3.8) is 0 Å². The number of ether oxygens (including phenoxy) is 1. The Morgan fingerprint density at radius 3 is 1.88 bits per heavy atom. The van der Waals surface area contributed by atoms with Gasteiger partial charge in [-0.3, -0.25) is 0 Å². The maximum atomic E-state index is 7.23. The van der Waals surface area contributed by atoms with Gasteiger partial charge < -0.3 is 18.4 Å². The normalized spacial score (nSPS) is 13.9. The number of hydrogen-bond donors (Lipinski definition) is 0. The monoisotopic (exact) mass is 1120 g/mol. The number of aryl methyl sites for hydroxylation is 1. The quantitative estimate of drug-likeness (QED) is 0.130. The second kappa shape index (κ2) is 16.2. The molecule has 0 atom stereocenters. The van der Waals surface area contributed by atoms with Crippen LogP contribution in [0, 0.1) is 18.5 Å². The first kappa shape index (κ1) is 47.6. The summed E-state index contributed by atoms with van der Waals surface area (Å²) in [4.78, 5) is 13.9. The Balaban J connectivity index is 0.00000560. The number of para-hydroxylation sites is 2. The van der Waals surface area contributed by atoms with Gasteiger partial charge in [0, 0.05) is 61.6 Å². The molecule has 2 aliphatic rings. The molecule has 364 valence electrons. The summed E-state index contributed by atoms with van der Waals surface area (Å²) in [5, 5.41) is 2.10. The fourth-order valence-electron chi connectivity index (χ4n) is 11.6. The van der Waals surface area contributed by atoms with Crippen molar-refractivity contribution in [1.82, 2.24) is 24.1 Å². The first-order valence-electron chi connectivity index (χ1n) is 24.9. The molecule has 0 saturated carbocycles. The molecule has 1 aliphatic heterocycles. The van der Waals surface area contributed by atoms with Gasteiger partial charge in [-0.05, 0) is 101 Å². The van der Waals surface area contributed by atoms with Crippen molar-refractivity contribution in [3.05, 3.63) is 191 Å². The molecule has 0 fully saturated rings. The van der Waals surface area contributed by atoms with Crippen LogP contribution in [-0.4, -0.2) is 24.1 Å². The minimum Gasteiger partial charge on any atom is -0.509 e. The molecule has 0 N–H and O–H groups in total. The molecule has 8 heteroatoms. The van der Waals surface area contributed by atoms with Gasteiger partial charge in [-0.25, -0.2) is 15.0 Å². The predicted octanol–water partition coefficient (Wildman–Crippen LogP) is 14.5. The maximum absolute atomic E-state index is 7.23. The van der Waals surface area contributed by atoms with Crippen LogP contribution in [0.1, 0.15) is 128 Å². The zero-order valence-corrected chi connectivity index (χ0v) is 45.8. The summed E-state index contributed by atoms with van der Waals surface area (Å²) in [5.41, 5.74) is 18.3. The molecule has 4 aromatic heterocycles. The van der Waals surface area contributed by atoms with Gasteiger partial charge >= 0.3 is 0 Å². The molecule has 1 aliphatic carbocycles. The summed E-state index contributed by atoms with van der Waals surface area (Å²) in [5.74, 6) is 1.88. The van der Waals surface area contributed by atoms with Crippen molar-refractivity contribution in [1.29, 1.82) is 0 Å². The Labute approximate surface area is 438 Å². The van der Waals surface area contributed by atoms with Crippen molar-refractivity contribution >= 4 is 32.8 Å². The average Bonchev–Trinajstić information content (AvgIpc) is 3.95. The van der Waals surface area contributed by atoms with E-state index in [0.29, 0.717) is 11.5 Å². The van der Waals surface area contributed by atoms with E-state index in [1.165, 1.54) is 50.1 Å². The third-order valence-electron chi connectivity index (χ3n) is 15.1. The summed E-state index contributed by atoms with van der Waals surface area (Å²) in [6.45, 7) is 28.4. The largest absolute Gasteiger partial charge is 0.509 e. The van der Waals surface area contributed by atoms with E-state index in [0.717, 1.165) is 61.2 Å². The van der Waals surface area contributed by atoms with E-state index in [2.05, 4.69) is 212 Å². The average molecular weight is 1120 g/mol. The van der Waals surface area contributed by atoms with Crippen LogP contribution in [0.2, 0.25) is 0 Å². The Morgan fingerprint density at radius 1 is 0.597 bits per heavy atom. The Morgan fingerprint density at radius 2 is 1.26 bits per heavy atom. The summed E-state index contributed by atoms with van der Waals surface area (Å²) in [6, 6.07) is 47.6. The molecule has 0 bridgehead atoms. The SMILES string of the molecule is C[n+]1[c-]n2c3c(cccc31)C1(c3ccc(Oc4[c-]c5c(cc4-c4ccncn4)c4ccccc4n5-c4ccccn4)[c-]c3-2)c2c(cc(C(C)(C)C)cc2C(C)(C)C)-c2cc(C(C)(C)C)cc(C(C)(C)C)c21.[Pt]. The molecule has 0 amide bonds. The zero-order valence-electron chi connectivity index (χ0n) is 43.5. The molecule has 0 saturated heterocycles. The van der Waals surface area contributed by atoms with Crippen molar-refractivity contribution in [2.24, 2.45) is 7.05 Å². The fraction of sp³-hybridized carbons (Fsp3) is 0.281. The van der Waals surface area contributed by atoms with Gasteiger partial charge in [-0.1, -0.05) is 167 Å². The van der Waals surface area contributed by atoms with E-state index in [9.17, 15) is 0 Å². The van der Waals surface area contributed by atoms with Gasteiger partial charge in [0.2, 0.25) is 6.33 Å². The first-order valence-corrected chi connectivity index (χ1v) is 24.9. The third-order valence-corrected chi connectivity index (χ3v) is 15.1. The third kappa shape index (κ3) is 7.01. The fourth-order valence-corrected chi connectivity index (χ4v) is 11.6. The van der Waals surface area contributed by atoms with Crippen LogP contribution in [-0.2, 0) is 55.2 Å². The van der Waals surface area contributed by atoms with Crippen molar-refractivity contribution < 1.29 is 30.4 Å². The number of nitrogens with zero attached hydrogens (tertiary/aromatic N) is 6. The molecule has 7 nitrogen and oxygen atoms in total. The minimum atomic E-state index is -0.734. The number of aromatic nitrogens is 6. The smallest absolute Gasteiger partial charge is 0.242 e. The number of hydrogen-bond acceptors (Lipinski definition) is 4. The second-order valence-corrected chi connectivity index (χ2v) is 23.9. The van der Waals surface area contributed by atoms with Crippen molar-refractivity contribution in [3.8, 4) is 45.4 Å². The summed E-state index contributed by atoms with van der Waals surface area (Å²) in [7, 11) is 2.10. The van der Waals surface area contributed by atoms with E-state index in [4.69, 9.17) is 14.7 Å². The van der Waals surface area contributed by atoms with Gasteiger partial charge in [-0.15, -0.1) is 29.1 Å². The van der Waals surface area contributed by atoms with E-state index < -0.39 is 5.41 Å². The van der Waals surface area contributed by atoms with Crippen LogP contribution in [0.4, 0.5) is 0 Å². The predicted molar refractivity (Wildman–Crippen MR) is 286 cm³/mol. The maximum Gasteiger partial charge on any atom is 0.242 e. The van der Waals surface area contributed by atoms with Crippen LogP contribution >= 0.6 is 0 Å². The number of fused-ring (bicyclic) bond motifs is 12. The molecular formula is C64H60N6OPt-2. The zero-order chi connectivity index (χ0) is 49.7. The van der Waals surface area contributed by atoms with Gasteiger partial charge in [0.05, 0.1) is 18.1 Å². The van der Waals surface area contributed by atoms with Crippen LogP contribution in [0.3, 0.4) is 0 Å². The summed E-state index contributed by atoms with van der Waals surface area (Å²) in [6.07, 6.45) is 8.94. The molecule has 10 aromatic rings. The molecule has 0 radical (unpaired) electrons. The molecule has 1 spiro atoms. The number of benzene rings is 6. The molecule has 72 heavy (non-hydrogen) atoms. The van der Waals surface area contributed by atoms with E-state index >= 15 is 0 Å². The number of pyridine rings is 1. The first-order chi connectivity index (χ1) is 33.7. The Bertz CT molecular complexity index is 3750. The van der Waals surface area contributed by atoms with Gasteiger partial charge in [0.1, 0.15) is 12.1 Å². The van der Waals surface area contributed by atoms with E-state index in [1.54, 1.807) is 12.5 Å². The summed E-state index contributed by atoms with van der Waals surface area (Å²) >= 11 is 0. The standard InChI is InChI=1S/C64H60N6O.Pt/c1-60(2,3)38-29-43-44-30-39(61(4,5)6)32-49(63(10,11)12)58(44)64(57(43)48(31-38)62(7,8)9)46-25-24-40(33-54(46)69-37-68(13)52-22-18-20-47(64)59(52)69)71-55-35-53-42(34-45(55)50-26-28-65-36-67-50)41-19-14-15-21-51(41)70(53)56-23-16-17-27-66-56;/h14-32,34,36H,1-13H3;/q-2;. The van der Waals surface area contributed by atoms with Crippen LogP contribution < -0.4 is 9.30 Å². The Kier molecular flexibility index (Phi) is 10.7. The molecule has 12 rings (SSSR count). The van der Waals surface area contributed by atoms with Crippen LogP contribution in [0.15, 0.2) is 128 Å². The van der Waals surface area contributed by atoms with Crippen LogP contribution in [0.25, 0.3) is 66.7 Å². The van der Waals surface area contributed by atoms with E-state index in [-0.39, 0.29) is 42.7 Å². The topological polar surface area (TPSA) is 61.6 Å².